The number of fused-ring (bicyclic) bond motifs is 1. The van der Waals surface area contributed by atoms with Crippen molar-refractivity contribution in [3.8, 4) is 0 Å². The number of amides is 1. The van der Waals surface area contributed by atoms with Gasteiger partial charge in [-0.3, -0.25) is 4.79 Å². The molecule has 104 valence electrons. The minimum Gasteiger partial charge on any atom is -0.397 e. The quantitative estimate of drug-likeness (QED) is 0.801. The number of nitrogen functional groups attached to an aromatic ring is 1. The van der Waals surface area contributed by atoms with Gasteiger partial charge in [0.25, 0.3) is 0 Å². The van der Waals surface area contributed by atoms with E-state index in [2.05, 4.69) is 31.0 Å². The minimum absolute atomic E-state index is 0.0523. The van der Waals surface area contributed by atoms with Gasteiger partial charge in [-0.15, -0.1) is 0 Å². The number of nitrogens with zero attached hydrogens (tertiary/aromatic N) is 1. The molecule has 0 saturated heterocycles. The Morgan fingerprint density at radius 1 is 1.42 bits per heavy atom. The van der Waals surface area contributed by atoms with Gasteiger partial charge < -0.3 is 16.0 Å². The molecule has 0 aliphatic carbocycles. The van der Waals surface area contributed by atoms with Crippen LogP contribution in [0, 0.1) is 5.92 Å². The first-order chi connectivity index (χ1) is 9.05. The van der Waals surface area contributed by atoms with Gasteiger partial charge in [-0.05, 0) is 30.5 Å². The fourth-order valence-corrected chi connectivity index (χ4v) is 2.46. The molecule has 0 aromatic heterocycles. The van der Waals surface area contributed by atoms with Crippen LogP contribution >= 0.6 is 0 Å². The Morgan fingerprint density at radius 3 is 2.79 bits per heavy atom. The SMILES string of the molecule is CCC(C)CN(CC)c1cc2c(cc1N)CC(=O)N2. The molecule has 1 aliphatic rings. The zero-order valence-corrected chi connectivity index (χ0v) is 12.0. The second-order valence-electron chi connectivity index (χ2n) is 5.35. The van der Waals surface area contributed by atoms with Gasteiger partial charge in [0.05, 0.1) is 17.8 Å². The highest BCUT2D eigenvalue weighted by atomic mass is 16.1. The molecule has 1 amide bonds. The Hall–Kier alpha value is -1.71. The monoisotopic (exact) mass is 261 g/mol. The van der Waals surface area contributed by atoms with E-state index in [4.69, 9.17) is 5.73 Å². The Morgan fingerprint density at radius 2 is 2.16 bits per heavy atom. The molecule has 3 N–H and O–H groups in total. The van der Waals surface area contributed by atoms with Gasteiger partial charge in [-0.25, -0.2) is 0 Å². The summed E-state index contributed by atoms with van der Waals surface area (Å²) in [7, 11) is 0. The molecule has 0 saturated carbocycles. The molecule has 0 fully saturated rings. The molecule has 0 bridgehead atoms. The topological polar surface area (TPSA) is 58.4 Å². The standard InChI is InChI=1S/C15H23N3O/c1-4-10(3)9-18(5-2)14-8-13-11(6-12(14)16)7-15(19)17-13/h6,8,10H,4-5,7,9,16H2,1-3H3,(H,17,19). The average Bonchev–Trinajstić information content (AvgIpc) is 2.74. The summed E-state index contributed by atoms with van der Waals surface area (Å²) in [5.74, 6) is 0.679. The zero-order chi connectivity index (χ0) is 14.0. The van der Waals surface area contributed by atoms with Crippen LogP contribution in [-0.4, -0.2) is 19.0 Å². The highest BCUT2D eigenvalue weighted by molar-refractivity contribution is 6.00. The maximum Gasteiger partial charge on any atom is 0.228 e. The number of carbonyl (C=O) groups excluding carboxylic acids is 1. The van der Waals surface area contributed by atoms with Crippen LogP contribution in [0.5, 0.6) is 0 Å². The fraction of sp³-hybridized carbons (Fsp3) is 0.533. The largest absolute Gasteiger partial charge is 0.397 e. The molecule has 0 spiro atoms. The second-order valence-corrected chi connectivity index (χ2v) is 5.35. The van der Waals surface area contributed by atoms with Crippen molar-refractivity contribution < 1.29 is 4.79 Å². The van der Waals surface area contributed by atoms with Gasteiger partial charge >= 0.3 is 0 Å². The predicted molar refractivity (Wildman–Crippen MR) is 80.5 cm³/mol. The van der Waals surface area contributed by atoms with Gasteiger partial charge in [0.1, 0.15) is 0 Å². The van der Waals surface area contributed by atoms with Crippen molar-refractivity contribution in [2.24, 2.45) is 5.92 Å². The molecule has 1 heterocycles. The zero-order valence-electron chi connectivity index (χ0n) is 12.0. The number of nitrogens with two attached hydrogens (primary N) is 1. The molecule has 1 aromatic rings. The van der Waals surface area contributed by atoms with Crippen LogP contribution < -0.4 is 16.0 Å². The van der Waals surface area contributed by atoms with E-state index in [-0.39, 0.29) is 5.91 Å². The Kier molecular flexibility index (Phi) is 3.98. The van der Waals surface area contributed by atoms with Crippen LogP contribution in [-0.2, 0) is 11.2 Å². The van der Waals surface area contributed by atoms with Crippen molar-refractivity contribution in [1.82, 2.24) is 0 Å². The molecular formula is C15H23N3O. The molecule has 4 nitrogen and oxygen atoms in total. The van der Waals surface area contributed by atoms with E-state index in [0.29, 0.717) is 12.3 Å². The van der Waals surface area contributed by atoms with Crippen LogP contribution in [0.25, 0.3) is 0 Å². The fourth-order valence-electron chi connectivity index (χ4n) is 2.46. The van der Waals surface area contributed by atoms with Crippen molar-refractivity contribution in [2.45, 2.75) is 33.6 Å². The maximum atomic E-state index is 11.4. The van der Waals surface area contributed by atoms with E-state index in [1.807, 2.05) is 12.1 Å². The van der Waals surface area contributed by atoms with Gasteiger partial charge in [0, 0.05) is 18.8 Å². The lowest BCUT2D eigenvalue weighted by atomic mass is 10.1. The van der Waals surface area contributed by atoms with E-state index < -0.39 is 0 Å². The van der Waals surface area contributed by atoms with Crippen molar-refractivity contribution in [1.29, 1.82) is 0 Å². The van der Waals surface area contributed by atoms with E-state index in [1.165, 1.54) is 0 Å². The first-order valence-corrected chi connectivity index (χ1v) is 7.02. The molecule has 4 heteroatoms. The number of hydrogen-bond acceptors (Lipinski definition) is 3. The first kappa shape index (κ1) is 13.7. The summed E-state index contributed by atoms with van der Waals surface area (Å²) in [6.07, 6.45) is 1.59. The summed E-state index contributed by atoms with van der Waals surface area (Å²) in [6, 6.07) is 3.95. The average molecular weight is 261 g/mol. The number of nitrogens with one attached hydrogen (secondary N) is 1. The van der Waals surface area contributed by atoms with Gasteiger partial charge in [-0.1, -0.05) is 20.3 Å². The molecule has 1 unspecified atom stereocenters. The normalized spacial score (nSPS) is 15.0. The van der Waals surface area contributed by atoms with Gasteiger partial charge in [-0.2, -0.15) is 0 Å². The lowest BCUT2D eigenvalue weighted by Gasteiger charge is -2.28. The summed E-state index contributed by atoms with van der Waals surface area (Å²) in [5.41, 5.74) is 9.87. The van der Waals surface area contributed by atoms with Crippen LogP contribution in [0.3, 0.4) is 0 Å². The molecule has 2 rings (SSSR count). The lowest BCUT2D eigenvalue weighted by Crippen LogP contribution is -2.28. The maximum absolute atomic E-state index is 11.4. The number of hydrogen-bond donors (Lipinski definition) is 2. The van der Waals surface area contributed by atoms with Crippen molar-refractivity contribution in [3.63, 3.8) is 0 Å². The number of anilines is 3. The van der Waals surface area contributed by atoms with Crippen LogP contribution in [0.15, 0.2) is 12.1 Å². The van der Waals surface area contributed by atoms with Gasteiger partial charge in [0.15, 0.2) is 0 Å². The number of carbonyl (C=O) groups is 1. The van der Waals surface area contributed by atoms with E-state index >= 15 is 0 Å². The minimum atomic E-state index is 0.0523. The number of benzene rings is 1. The number of rotatable bonds is 5. The van der Waals surface area contributed by atoms with E-state index in [0.717, 1.165) is 42.1 Å². The van der Waals surface area contributed by atoms with Crippen LogP contribution in [0.2, 0.25) is 0 Å². The summed E-state index contributed by atoms with van der Waals surface area (Å²) in [4.78, 5) is 13.7. The third-order valence-corrected chi connectivity index (χ3v) is 3.83. The van der Waals surface area contributed by atoms with Crippen molar-refractivity contribution >= 4 is 23.0 Å². The molecule has 1 aromatic carbocycles. The van der Waals surface area contributed by atoms with Crippen LogP contribution in [0.4, 0.5) is 17.1 Å². The highest BCUT2D eigenvalue weighted by Gasteiger charge is 2.21. The van der Waals surface area contributed by atoms with Crippen molar-refractivity contribution in [2.75, 3.05) is 29.0 Å². The molecule has 1 aliphatic heterocycles. The summed E-state index contributed by atoms with van der Waals surface area (Å²) in [5, 5.41) is 2.89. The second kappa shape index (κ2) is 5.51. The van der Waals surface area contributed by atoms with E-state index in [9.17, 15) is 4.79 Å². The van der Waals surface area contributed by atoms with Crippen molar-refractivity contribution in [3.05, 3.63) is 17.7 Å². The predicted octanol–water partition coefficient (Wildman–Crippen LogP) is 2.64. The summed E-state index contributed by atoms with van der Waals surface area (Å²) in [6.45, 7) is 8.48. The lowest BCUT2D eigenvalue weighted by molar-refractivity contribution is -0.115. The Balaban J connectivity index is 2.28. The third-order valence-electron chi connectivity index (χ3n) is 3.83. The smallest absolute Gasteiger partial charge is 0.228 e. The highest BCUT2D eigenvalue weighted by Crippen LogP contribution is 2.34. The first-order valence-electron chi connectivity index (χ1n) is 7.02. The molecular weight excluding hydrogens is 238 g/mol. The molecule has 0 radical (unpaired) electrons. The summed E-state index contributed by atoms with van der Waals surface area (Å²) >= 11 is 0. The Labute approximate surface area is 115 Å². The molecule has 1 atom stereocenters. The molecule has 19 heavy (non-hydrogen) atoms. The third kappa shape index (κ3) is 2.83. The Bertz CT molecular complexity index is 485. The van der Waals surface area contributed by atoms with E-state index in [1.54, 1.807) is 0 Å². The van der Waals surface area contributed by atoms with Crippen LogP contribution in [0.1, 0.15) is 32.8 Å². The summed E-state index contributed by atoms with van der Waals surface area (Å²) < 4.78 is 0. The van der Waals surface area contributed by atoms with Gasteiger partial charge in [0.2, 0.25) is 5.91 Å².